The third-order valence-electron chi connectivity index (χ3n) is 10.3. The maximum atomic E-state index is 12.3. The van der Waals surface area contributed by atoms with Crippen LogP contribution in [0.2, 0.25) is 0 Å². The van der Waals surface area contributed by atoms with Crippen molar-refractivity contribution < 1.29 is 80.0 Å². The van der Waals surface area contributed by atoms with E-state index in [0.29, 0.717) is 6.42 Å². The molecule has 0 aliphatic carbocycles. The Morgan fingerprint density at radius 2 is 1.31 bits per heavy atom. The highest BCUT2D eigenvalue weighted by Crippen LogP contribution is 2.27. The maximum Gasteiger partial charge on any atom is 0.308 e. The van der Waals surface area contributed by atoms with Crippen LogP contribution in [0, 0.1) is 5.92 Å². The van der Waals surface area contributed by atoms with Gasteiger partial charge in [-0.1, -0.05) is 85.1 Å². The van der Waals surface area contributed by atoms with E-state index in [1.165, 1.54) is 0 Å². The Hall–Kier alpha value is -3.40. The molecule has 2 aliphatic rings. The molecule has 2 aliphatic heterocycles. The second kappa shape index (κ2) is 29.1. The summed E-state index contributed by atoms with van der Waals surface area (Å²) in [5.74, 6) is -5.57. The molecule has 2 rings (SSSR count). The lowest BCUT2D eigenvalue weighted by atomic mass is 9.90. The van der Waals surface area contributed by atoms with Crippen LogP contribution >= 0.6 is 0 Å². The number of hydrogen-bond donors (Lipinski definition) is 12. The lowest BCUT2D eigenvalue weighted by molar-refractivity contribution is -0.276. The lowest BCUT2D eigenvalue weighted by Crippen LogP contribution is -2.61. The second-order valence-corrected chi connectivity index (χ2v) is 15.8. The molecule has 0 saturated carbocycles. The van der Waals surface area contributed by atoms with Gasteiger partial charge in [0.1, 0.15) is 6.10 Å². The van der Waals surface area contributed by atoms with Gasteiger partial charge in [-0.15, -0.1) is 0 Å². The van der Waals surface area contributed by atoms with Crippen LogP contribution in [0.5, 0.6) is 0 Å². The Morgan fingerprint density at radius 1 is 0.705 bits per heavy atom. The number of esters is 1. The van der Waals surface area contributed by atoms with Crippen LogP contribution in [0.15, 0.2) is 85.1 Å². The topological polar surface area (TPSA) is 310 Å². The van der Waals surface area contributed by atoms with E-state index in [2.05, 4.69) is 0 Å². The Labute approximate surface area is 357 Å². The van der Waals surface area contributed by atoms with E-state index in [9.17, 15) is 65.8 Å². The quantitative estimate of drug-likeness (QED) is 0.138. The number of nitrogens with two attached hydrogens (primary N) is 1. The molecule has 17 heteroatoms. The molecule has 0 aromatic heterocycles. The molecule has 0 spiro atoms. The lowest BCUT2D eigenvalue weighted by Gasteiger charge is -2.40. The van der Waals surface area contributed by atoms with E-state index in [0.717, 1.165) is 0 Å². The average Bonchev–Trinajstić information content (AvgIpc) is 3.18. The van der Waals surface area contributed by atoms with Crippen LogP contribution in [0.3, 0.4) is 0 Å². The van der Waals surface area contributed by atoms with Gasteiger partial charge in [-0.3, -0.25) is 9.59 Å². The van der Waals surface area contributed by atoms with Crippen molar-refractivity contribution in [3.63, 3.8) is 0 Å². The van der Waals surface area contributed by atoms with E-state index < -0.39 is 123 Å². The fourth-order valence-electron chi connectivity index (χ4n) is 6.62. The van der Waals surface area contributed by atoms with Crippen LogP contribution in [0.1, 0.15) is 84.0 Å². The highest BCUT2D eigenvalue weighted by molar-refractivity contribution is 5.70. The van der Waals surface area contributed by atoms with Gasteiger partial charge in [0.2, 0.25) is 0 Å². The van der Waals surface area contributed by atoms with Crippen molar-refractivity contribution in [2.75, 3.05) is 6.61 Å². The molecule has 13 atom stereocenters. The van der Waals surface area contributed by atoms with Crippen LogP contribution in [-0.4, -0.2) is 154 Å². The molecule has 5 unspecified atom stereocenters. The summed E-state index contributed by atoms with van der Waals surface area (Å²) in [7, 11) is 0. The molecule has 1 fully saturated rings. The van der Waals surface area contributed by atoms with E-state index in [-0.39, 0.29) is 51.6 Å². The number of ether oxygens (including phenoxy) is 3. The zero-order valence-corrected chi connectivity index (χ0v) is 34.8. The summed E-state index contributed by atoms with van der Waals surface area (Å²) in [6.45, 7) is 1.50. The fourth-order valence-corrected chi connectivity index (χ4v) is 6.62. The predicted molar refractivity (Wildman–Crippen MR) is 224 cm³/mol. The minimum absolute atomic E-state index is 0.00950. The summed E-state index contributed by atoms with van der Waals surface area (Å²) in [4.78, 5) is 24.4. The number of carboxylic acid groups (broad SMARTS) is 1. The van der Waals surface area contributed by atoms with Crippen molar-refractivity contribution in [2.24, 2.45) is 11.7 Å². The minimum Gasteiger partial charge on any atom is -0.481 e. The van der Waals surface area contributed by atoms with E-state index in [4.69, 9.17) is 19.9 Å². The molecule has 17 nitrogen and oxygen atoms in total. The number of carboxylic acids is 1. The summed E-state index contributed by atoms with van der Waals surface area (Å²) in [5, 5.41) is 114. The van der Waals surface area contributed by atoms with Crippen LogP contribution < -0.4 is 5.73 Å². The van der Waals surface area contributed by atoms with Gasteiger partial charge in [0, 0.05) is 25.7 Å². The summed E-state index contributed by atoms with van der Waals surface area (Å²) in [5.41, 5.74) is 5.97. The molecular weight excluding hydrogens is 798 g/mol. The van der Waals surface area contributed by atoms with Gasteiger partial charge in [0.05, 0.1) is 79.9 Å². The molecule has 61 heavy (non-hydrogen) atoms. The van der Waals surface area contributed by atoms with Gasteiger partial charge < -0.3 is 76.1 Å². The summed E-state index contributed by atoms with van der Waals surface area (Å²) < 4.78 is 16.8. The van der Waals surface area contributed by atoms with Crippen molar-refractivity contribution in [2.45, 2.75) is 163 Å². The molecule has 1 saturated heterocycles. The molecule has 346 valence electrons. The second-order valence-electron chi connectivity index (χ2n) is 15.8. The number of aliphatic hydroxyl groups is 10. The van der Waals surface area contributed by atoms with Crippen LogP contribution in [0.25, 0.3) is 0 Å². The zero-order valence-electron chi connectivity index (χ0n) is 34.8. The number of rotatable bonds is 3. The van der Waals surface area contributed by atoms with Gasteiger partial charge in [0.15, 0.2) is 12.1 Å². The molecule has 2 heterocycles. The van der Waals surface area contributed by atoms with E-state index in [1.54, 1.807) is 73.8 Å². The standard InChI is InChI=1S/C44H69NO16/c1-29-40(53)39(45)41(54)43(60-29)61-35-16-14-12-10-8-6-4-2-3-5-7-9-11-13-15-31(46)22-24-59-38(52)27-33(48)25-32(47)18-20-36(50)37(51)26-34(49)28-44(57,58)23-21-30(17-19-35)42(55)56/h2-14,16,29-37,39-41,43,46-51,53-54,57-58H,15,17-28,45H2,1H3,(H,55,56)/b4-2+,5-3+,8-6+,9-7+,12-10+,13-11+,16-14+/t29?,30-,31+,32+,33+,34-,35-,36+,37+,39?,40?,41?,43?/m0/s1. The monoisotopic (exact) mass is 867 g/mol. The molecule has 0 aromatic rings. The number of allylic oxidation sites excluding steroid dienone is 12. The number of aliphatic carboxylic acids is 1. The Kier molecular flexibility index (Phi) is 25.6. The van der Waals surface area contributed by atoms with E-state index >= 15 is 0 Å². The van der Waals surface area contributed by atoms with Gasteiger partial charge in [-0.2, -0.15) is 0 Å². The number of aliphatic hydroxyl groups excluding tert-OH is 8. The smallest absolute Gasteiger partial charge is 0.308 e. The van der Waals surface area contributed by atoms with Gasteiger partial charge >= 0.3 is 11.9 Å². The molecule has 0 amide bonds. The van der Waals surface area contributed by atoms with Gasteiger partial charge in [-0.05, 0) is 51.9 Å². The van der Waals surface area contributed by atoms with Crippen molar-refractivity contribution in [3.05, 3.63) is 85.1 Å². The van der Waals surface area contributed by atoms with Crippen LogP contribution in [0.4, 0.5) is 0 Å². The Morgan fingerprint density at radius 3 is 1.93 bits per heavy atom. The summed E-state index contributed by atoms with van der Waals surface area (Å²) >= 11 is 0. The van der Waals surface area contributed by atoms with Gasteiger partial charge in [-0.25, -0.2) is 0 Å². The fraction of sp³-hybridized carbons (Fsp3) is 0.636. The Balaban J connectivity index is 2.18. The Bertz CT molecular complexity index is 1480. The first-order chi connectivity index (χ1) is 28.9. The van der Waals surface area contributed by atoms with Crippen molar-refractivity contribution in [1.82, 2.24) is 0 Å². The molecular formula is C44H69NO16. The highest BCUT2D eigenvalue weighted by atomic mass is 16.7. The third-order valence-corrected chi connectivity index (χ3v) is 10.3. The largest absolute Gasteiger partial charge is 0.481 e. The summed E-state index contributed by atoms with van der Waals surface area (Å²) in [6, 6.07) is -1.06. The van der Waals surface area contributed by atoms with Gasteiger partial charge in [0.25, 0.3) is 0 Å². The number of cyclic esters (lactones) is 1. The first-order valence-corrected chi connectivity index (χ1v) is 20.9. The van der Waals surface area contributed by atoms with E-state index in [1.807, 2.05) is 18.2 Å². The SMILES string of the molecule is CC1OC(O[C@H]2/C=C/C=C/C=C/C=C/C=C/C=C/C=C/C[C@@H](O)CCOC(=O)C[C@H](O)C[C@H](O)CC[C@@H](O)[C@H](O)C[C@H](O)CC(O)(O)CC[C@@H](C(=O)O)CC2)C(O)C(N)C1O. The zero-order chi connectivity index (χ0) is 45.4. The minimum atomic E-state index is -2.54. The molecule has 0 radical (unpaired) electrons. The first-order valence-electron chi connectivity index (χ1n) is 20.9. The van der Waals surface area contributed by atoms with Crippen molar-refractivity contribution >= 4 is 11.9 Å². The third kappa shape index (κ3) is 23.0. The van der Waals surface area contributed by atoms with Crippen LogP contribution in [-0.2, 0) is 23.8 Å². The molecule has 0 bridgehead atoms. The van der Waals surface area contributed by atoms with Crippen molar-refractivity contribution in [3.8, 4) is 0 Å². The number of carbonyl (C=O) groups excluding carboxylic acids is 1. The maximum absolute atomic E-state index is 12.3. The highest BCUT2D eigenvalue weighted by Gasteiger charge is 2.42. The molecule has 0 aromatic carbocycles. The van der Waals surface area contributed by atoms with Crippen molar-refractivity contribution in [1.29, 1.82) is 0 Å². The number of carbonyl (C=O) groups is 2. The molecule has 13 N–H and O–H groups in total. The normalized spacial score (nSPS) is 39.5. The predicted octanol–water partition coefficient (Wildman–Crippen LogP) is 0.844. The summed E-state index contributed by atoms with van der Waals surface area (Å²) in [6.07, 6.45) is 9.58. The average molecular weight is 868 g/mol. The first kappa shape index (κ1) is 53.7. The number of hydrogen-bond acceptors (Lipinski definition) is 16.